The maximum absolute atomic E-state index is 13.0. The van der Waals surface area contributed by atoms with Gasteiger partial charge in [-0.3, -0.25) is 15.6 Å². The van der Waals surface area contributed by atoms with Crippen molar-refractivity contribution in [1.82, 2.24) is 20.1 Å². The van der Waals surface area contributed by atoms with Crippen LogP contribution in [0.3, 0.4) is 0 Å². The molecular weight excluding hydrogens is 352 g/mol. The van der Waals surface area contributed by atoms with Gasteiger partial charge in [0, 0.05) is 39.8 Å². The predicted octanol–water partition coefficient (Wildman–Crippen LogP) is 0.577. The fraction of sp³-hybridized carbons (Fsp3) is 0.611. The third-order valence-corrected chi connectivity index (χ3v) is 7.25. The van der Waals surface area contributed by atoms with Crippen LogP contribution >= 0.6 is 0 Å². The Balaban J connectivity index is 1.76. The van der Waals surface area contributed by atoms with Gasteiger partial charge in [0.25, 0.3) is 0 Å². The molecule has 0 bridgehead atoms. The van der Waals surface area contributed by atoms with E-state index in [1.807, 2.05) is 19.1 Å². The van der Waals surface area contributed by atoms with E-state index < -0.39 is 10.0 Å². The second-order valence-electron chi connectivity index (χ2n) is 7.47. The van der Waals surface area contributed by atoms with Crippen molar-refractivity contribution in [3.63, 3.8) is 0 Å². The van der Waals surface area contributed by atoms with Crippen molar-refractivity contribution in [2.45, 2.75) is 30.7 Å². The van der Waals surface area contributed by atoms with Crippen LogP contribution in [0, 0.1) is 18.8 Å². The van der Waals surface area contributed by atoms with Gasteiger partial charge in [-0.05, 0) is 37.8 Å². The van der Waals surface area contributed by atoms with E-state index in [1.54, 1.807) is 35.4 Å². The molecule has 0 radical (unpaired) electrons. The van der Waals surface area contributed by atoms with E-state index in [4.69, 9.17) is 0 Å². The summed E-state index contributed by atoms with van der Waals surface area (Å²) in [5.41, 5.74) is 7.33. The zero-order chi connectivity index (χ0) is 18.9. The van der Waals surface area contributed by atoms with Crippen LogP contribution in [0.1, 0.15) is 18.4 Å². The molecule has 1 aromatic carbocycles. The van der Waals surface area contributed by atoms with Crippen molar-refractivity contribution >= 4 is 15.9 Å². The van der Waals surface area contributed by atoms with E-state index >= 15 is 0 Å². The van der Waals surface area contributed by atoms with Crippen LogP contribution in [0.4, 0.5) is 0 Å². The monoisotopic (exact) mass is 380 g/mol. The summed E-state index contributed by atoms with van der Waals surface area (Å²) >= 11 is 0. The van der Waals surface area contributed by atoms with E-state index in [0.29, 0.717) is 24.5 Å². The van der Waals surface area contributed by atoms with E-state index in [9.17, 15) is 13.2 Å². The lowest BCUT2D eigenvalue weighted by atomic mass is 9.84. The SMILES string of the molecule is Cc1ccc(S(=O)(=O)N2CCCC(C3NNCC3C(=O)N(C)C)C2)cc1. The Morgan fingerprint density at radius 3 is 2.58 bits per heavy atom. The van der Waals surface area contributed by atoms with Gasteiger partial charge in [-0.1, -0.05) is 17.7 Å². The van der Waals surface area contributed by atoms with Crippen LogP contribution in [-0.4, -0.2) is 63.3 Å². The molecule has 1 amide bonds. The lowest BCUT2D eigenvalue weighted by molar-refractivity contribution is -0.133. The number of carbonyl (C=O) groups excluding carboxylic acids is 1. The maximum atomic E-state index is 13.0. The van der Waals surface area contributed by atoms with Crippen LogP contribution in [0.15, 0.2) is 29.2 Å². The largest absolute Gasteiger partial charge is 0.348 e. The van der Waals surface area contributed by atoms with Gasteiger partial charge in [0.2, 0.25) is 15.9 Å². The Labute approximate surface area is 155 Å². The van der Waals surface area contributed by atoms with E-state index in [2.05, 4.69) is 10.9 Å². The summed E-state index contributed by atoms with van der Waals surface area (Å²) in [6.07, 6.45) is 1.72. The number of benzene rings is 1. The molecule has 2 fully saturated rings. The fourth-order valence-corrected chi connectivity index (χ4v) is 5.41. The van der Waals surface area contributed by atoms with Crippen molar-refractivity contribution < 1.29 is 13.2 Å². The van der Waals surface area contributed by atoms with Crippen molar-refractivity contribution in [2.75, 3.05) is 33.7 Å². The van der Waals surface area contributed by atoms with Gasteiger partial charge in [0.1, 0.15) is 0 Å². The van der Waals surface area contributed by atoms with Crippen molar-refractivity contribution in [2.24, 2.45) is 11.8 Å². The van der Waals surface area contributed by atoms with Gasteiger partial charge in [0.15, 0.2) is 0 Å². The lowest BCUT2D eigenvalue weighted by Gasteiger charge is -2.36. The molecule has 3 unspecified atom stereocenters. The van der Waals surface area contributed by atoms with Crippen molar-refractivity contribution in [3.8, 4) is 0 Å². The highest BCUT2D eigenvalue weighted by Gasteiger charge is 2.42. The Kier molecular flexibility index (Phi) is 5.67. The van der Waals surface area contributed by atoms with Gasteiger partial charge in [0.05, 0.1) is 10.8 Å². The number of hydrazine groups is 1. The highest BCUT2D eigenvalue weighted by atomic mass is 32.2. The number of nitrogens with zero attached hydrogens (tertiary/aromatic N) is 2. The lowest BCUT2D eigenvalue weighted by Crippen LogP contribution is -2.50. The summed E-state index contributed by atoms with van der Waals surface area (Å²) in [7, 11) is 0.00785. The Hall–Kier alpha value is -1.48. The van der Waals surface area contributed by atoms with E-state index in [-0.39, 0.29) is 23.8 Å². The number of hydrogen-bond acceptors (Lipinski definition) is 5. The minimum absolute atomic E-state index is 0.0547. The van der Waals surface area contributed by atoms with Gasteiger partial charge >= 0.3 is 0 Å². The van der Waals surface area contributed by atoms with Gasteiger partial charge in [-0.15, -0.1) is 0 Å². The molecule has 2 saturated heterocycles. The smallest absolute Gasteiger partial charge is 0.243 e. The molecule has 2 aliphatic heterocycles. The Bertz CT molecular complexity index is 748. The van der Waals surface area contributed by atoms with E-state index in [0.717, 1.165) is 18.4 Å². The Morgan fingerprint density at radius 2 is 1.92 bits per heavy atom. The summed E-state index contributed by atoms with van der Waals surface area (Å²) in [5, 5.41) is 0. The summed E-state index contributed by atoms with van der Waals surface area (Å²) < 4.78 is 27.6. The van der Waals surface area contributed by atoms with Gasteiger partial charge in [-0.2, -0.15) is 4.31 Å². The Morgan fingerprint density at radius 1 is 1.23 bits per heavy atom. The van der Waals surface area contributed by atoms with Crippen LogP contribution in [-0.2, 0) is 14.8 Å². The summed E-state index contributed by atoms with van der Waals surface area (Å²) in [4.78, 5) is 14.4. The molecule has 2 aliphatic rings. The zero-order valence-corrected chi connectivity index (χ0v) is 16.4. The molecule has 2 N–H and O–H groups in total. The predicted molar refractivity (Wildman–Crippen MR) is 99.8 cm³/mol. The minimum atomic E-state index is -3.51. The molecular formula is C18H28N4O3S. The topological polar surface area (TPSA) is 81.8 Å². The standard InChI is InChI=1S/C18H28N4O3S/c1-13-6-8-15(9-7-13)26(24,25)22-10-4-5-14(12-22)17-16(11-19-20-17)18(23)21(2)3/h6-9,14,16-17,19-20H,4-5,10-12H2,1-3H3. The van der Waals surface area contributed by atoms with Crippen LogP contribution in [0.2, 0.25) is 0 Å². The van der Waals surface area contributed by atoms with Crippen LogP contribution < -0.4 is 10.9 Å². The molecule has 0 spiro atoms. The highest BCUT2D eigenvalue weighted by molar-refractivity contribution is 7.89. The first-order valence-electron chi connectivity index (χ1n) is 9.07. The number of carbonyl (C=O) groups is 1. The summed E-state index contributed by atoms with van der Waals surface area (Å²) in [6, 6.07) is 6.93. The first-order chi connectivity index (χ1) is 12.3. The average molecular weight is 381 g/mol. The average Bonchev–Trinajstić information content (AvgIpc) is 3.11. The molecule has 3 rings (SSSR count). The second-order valence-corrected chi connectivity index (χ2v) is 9.41. The van der Waals surface area contributed by atoms with Crippen molar-refractivity contribution in [3.05, 3.63) is 29.8 Å². The molecule has 0 aromatic heterocycles. The zero-order valence-electron chi connectivity index (χ0n) is 15.6. The van der Waals surface area contributed by atoms with Crippen molar-refractivity contribution in [1.29, 1.82) is 0 Å². The molecule has 2 heterocycles. The highest BCUT2D eigenvalue weighted by Crippen LogP contribution is 2.29. The fourth-order valence-electron chi connectivity index (χ4n) is 3.88. The third-order valence-electron chi connectivity index (χ3n) is 5.37. The number of amides is 1. The number of aryl methyl sites for hydroxylation is 1. The third kappa shape index (κ3) is 3.78. The van der Waals surface area contributed by atoms with E-state index in [1.165, 1.54) is 0 Å². The maximum Gasteiger partial charge on any atom is 0.243 e. The van der Waals surface area contributed by atoms with Gasteiger partial charge in [-0.25, -0.2) is 8.42 Å². The number of rotatable bonds is 4. The molecule has 3 atom stereocenters. The summed E-state index contributed by atoms with van der Waals surface area (Å²) in [6.45, 7) is 3.47. The normalized spacial score (nSPS) is 27.4. The first kappa shape index (κ1) is 19.3. The molecule has 0 aliphatic carbocycles. The second kappa shape index (κ2) is 7.64. The molecule has 1 aromatic rings. The first-order valence-corrected chi connectivity index (χ1v) is 10.5. The summed E-state index contributed by atoms with van der Waals surface area (Å²) in [5.74, 6) is 0.0101. The van der Waals surface area contributed by atoms with Crippen LogP contribution in [0.5, 0.6) is 0 Å². The van der Waals surface area contributed by atoms with Gasteiger partial charge < -0.3 is 4.90 Å². The molecule has 144 valence electrons. The number of nitrogens with one attached hydrogen (secondary N) is 2. The quantitative estimate of drug-likeness (QED) is 0.798. The molecule has 0 saturated carbocycles. The minimum Gasteiger partial charge on any atom is -0.348 e. The molecule has 7 nitrogen and oxygen atoms in total. The number of piperidine rings is 1. The molecule has 8 heteroatoms. The van der Waals surface area contributed by atoms with Crippen LogP contribution in [0.25, 0.3) is 0 Å². The molecule has 26 heavy (non-hydrogen) atoms. The number of sulfonamides is 1. The number of hydrogen-bond donors (Lipinski definition) is 2.